The van der Waals surface area contributed by atoms with Crippen molar-refractivity contribution >= 4 is 47.7 Å². The van der Waals surface area contributed by atoms with Crippen molar-refractivity contribution in [1.82, 2.24) is 19.7 Å². The largest absolute Gasteiger partial charge is 0.477 e. The zero-order valence-electron chi connectivity index (χ0n) is 14.9. The second-order valence-electron chi connectivity index (χ2n) is 7.33. The van der Waals surface area contributed by atoms with E-state index in [0.717, 1.165) is 26.2 Å². The summed E-state index contributed by atoms with van der Waals surface area (Å²) in [5, 5.41) is 14.6. The maximum atomic E-state index is 11.1. The van der Waals surface area contributed by atoms with Crippen LogP contribution >= 0.6 is 22.6 Å². The molecule has 0 saturated heterocycles. The van der Waals surface area contributed by atoms with Crippen LogP contribution in [0.4, 0.5) is 0 Å². The molecule has 138 valence electrons. The molecule has 3 heterocycles. The molecule has 2 N–H and O–H groups in total. The molecular formula is C17H21IN4O3Si. The molecule has 0 aromatic carbocycles. The van der Waals surface area contributed by atoms with Crippen molar-refractivity contribution in [3.63, 3.8) is 0 Å². The Kier molecular flexibility index (Phi) is 5.49. The Morgan fingerprint density at radius 2 is 2.15 bits per heavy atom. The minimum Gasteiger partial charge on any atom is -0.477 e. The van der Waals surface area contributed by atoms with Crippen molar-refractivity contribution in [2.24, 2.45) is 0 Å². The van der Waals surface area contributed by atoms with Gasteiger partial charge in [0.2, 0.25) is 0 Å². The summed E-state index contributed by atoms with van der Waals surface area (Å²) in [5.74, 6) is -0.998. The van der Waals surface area contributed by atoms with E-state index in [1.165, 1.54) is 0 Å². The number of carboxylic acids is 1. The molecule has 3 rings (SSSR count). The highest BCUT2D eigenvalue weighted by molar-refractivity contribution is 14.1. The average molecular weight is 484 g/mol. The van der Waals surface area contributed by atoms with E-state index < -0.39 is 14.0 Å². The minimum absolute atomic E-state index is 0.132. The van der Waals surface area contributed by atoms with Gasteiger partial charge in [-0.2, -0.15) is 5.10 Å². The fraction of sp³-hybridized carbons (Fsp3) is 0.353. The molecule has 9 heteroatoms. The third-order valence-electron chi connectivity index (χ3n) is 3.95. The molecule has 0 radical (unpaired) electrons. The first-order valence-corrected chi connectivity index (χ1v) is 13.0. The summed E-state index contributed by atoms with van der Waals surface area (Å²) < 4.78 is 8.54. The second kappa shape index (κ2) is 7.49. The van der Waals surface area contributed by atoms with Crippen LogP contribution in [0.25, 0.3) is 22.3 Å². The zero-order chi connectivity index (χ0) is 18.9. The van der Waals surface area contributed by atoms with E-state index in [4.69, 9.17) is 9.84 Å². The fourth-order valence-electron chi connectivity index (χ4n) is 2.52. The first-order chi connectivity index (χ1) is 12.2. The lowest BCUT2D eigenvalue weighted by Crippen LogP contribution is -2.22. The molecule has 26 heavy (non-hydrogen) atoms. The Labute approximate surface area is 165 Å². The molecule has 0 unspecified atom stereocenters. The predicted molar refractivity (Wildman–Crippen MR) is 111 cm³/mol. The molecule has 0 aliphatic rings. The topological polar surface area (TPSA) is 93.0 Å². The van der Waals surface area contributed by atoms with Crippen LogP contribution in [0.1, 0.15) is 10.5 Å². The highest BCUT2D eigenvalue weighted by Gasteiger charge is 2.17. The number of ether oxygens (including phenoxy) is 1. The molecule has 3 aromatic heterocycles. The van der Waals surface area contributed by atoms with Crippen molar-refractivity contribution in [2.45, 2.75) is 32.4 Å². The summed E-state index contributed by atoms with van der Waals surface area (Å²) in [4.78, 5) is 18.4. The number of nitrogens with zero attached hydrogens (tertiary/aromatic N) is 3. The molecule has 0 fully saturated rings. The lowest BCUT2D eigenvalue weighted by Gasteiger charge is -2.15. The average Bonchev–Trinajstić information content (AvgIpc) is 3.15. The van der Waals surface area contributed by atoms with Gasteiger partial charge in [-0.1, -0.05) is 19.6 Å². The molecule has 0 bridgehead atoms. The van der Waals surface area contributed by atoms with E-state index in [-0.39, 0.29) is 5.69 Å². The summed E-state index contributed by atoms with van der Waals surface area (Å²) in [7, 11) is -1.14. The van der Waals surface area contributed by atoms with Gasteiger partial charge in [-0.15, -0.1) is 0 Å². The minimum atomic E-state index is -1.14. The zero-order valence-corrected chi connectivity index (χ0v) is 18.1. The van der Waals surface area contributed by atoms with Crippen LogP contribution < -0.4 is 0 Å². The third kappa shape index (κ3) is 4.33. The number of carbonyl (C=O) groups is 1. The van der Waals surface area contributed by atoms with E-state index in [9.17, 15) is 4.79 Å². The molecule has 0 spiro atoms. The first-order valence-electron chi connectivity index (χ1n) is 8.26. The van der Waals surface area contributed by atoms with Gasteiger partial charge in [-0.05, 0) is 40.8 Å². The quantitative estimate of drug-likeness (QED) is 0.300. The van der Waals surface area contributed by atoms with Crippen LogP contribution in [-0.4, -0.2) is 45.5 Å². The van der Waals surface area contributed by atoms with Crippen LogP contribution in [0, 0.1) is 3.57 Å². The molecule has 0 aliphatic carbocycles. The monoisotopic (exact) mass is 484 g/mol. The van der Waals surface area contributed by atoms with E-state index in [1.54, 1.807) is 23.1 Å². The number of hydrogen-bond donors (Lipinski definition) is 2. The summed E-state index contributed by atoms with van der Waals surface area (Å²) in [6.07, 6.45) is 3.44. The normalized spacial score (nSPS) is 12.0. The van der Waals surface area contributed by atoms with Gasteiger partial charge < -0.3 is 14.8 Å². The van der Waals surface area contributed by atoms with Gasteiger partial charge in [0.25, 0.3) is 0 Å². The number of aromatic amines is 1. The van der Waals surface area contributed by atoms with E-state index in [0.29, 0.717) is 19.0 Å². The highest BCUT2D eigenvalue weighted by atomic mass is 127. The number of aromatic nitrogens is 4. The van der Waals surface area contributed by atoms with E-state index >= 15 is 0 Å². The summed E-state index contributed by atoms with van der Waals surface area (Å²) >= 11 is 2.20. The van der Waals surface area contributed by atoms with Crippen molar-refractivity contribution in [3.8, 4) is 11.3 Å². The molecule has 0 amide bonds. The number of carboxylic acid groups (broad SMARTS) is 1. The van der Waals surface area contributed by atoms with Gasteiger partial charge >= 0.3 is 5.97 Å². The van der Waals surface area contributed by atoms with Crippen LogP contribution in [-0.2, 0) is 11.5 Å². The van der Waals surface area contributed by atoms with Crippen molar-refractivity contribution < 1.29 is 14.6 Å². The van der Waals surface area contributed by atoms with Crippen LogP contribution in [0.15, 0.2) is 24.5 Å². The van der Waals surface area contributed by atoms with Gasteiger partial charge in [0.1, 0.15) is 18.1 Å². The Bertz CT molecular complexity index is 945. The standard InChI is InChI=1S/C17H21IN4O3Si/c1-26(2,3)5-4-25-10-22-16-13(7-12(18)9-20-16)15(21-22)11-6-14(17(23)24)19-8-11/h6-9,19H,4-5,10H2,1-3H3,(H,23,24). The van der Waals surface area contributed by atoms with E-state index in [1.807, 2.05) is 6.07 Å². The van der Waals surface area contributed by atoms with Crippen molar-refractivity contribution in [2.75, 3.05) is 6.61 Å². The van der Waals surface area contributed by atoms with Gasteiger partial charge in [-0.3, -0.25) is 0 Å². The van der Waals surface area contributed by atoms with Crippen LogP contribution in [0.5, 0.6) is 0 Å². The Hall–Kier alpha value is -1.72. The van der Waals surface area contributed by atoms with Gasteiger partial charge in [-0.25, -0.2) is 14.5 Å². The number of hydrogen-bond acceptors (Lipinski definition) is 4. The Morgan fingerprint density at radius 3 is 2.81 bits per heavy atom. The Balaban J connectivity index is 1.91. The van der Waals surface area contributed by atoms with E-state index in [2.05, 4.69) is 57.3 Å². The smallest absolute Gasteiger partial charge is 0.352 e. The van der Waals surface area contributed by atoms with Gasteiger partial charge in [0, 0.05) is 41.6 Å². The number of pyridine rings is 1. The number of aromatic carboxylic acids is 1. The molecule has 0 aliphatic heterocycles. The Morgan fingerprint density at radius 1 is 1.38 bits per heavy atom. The molecular weight excluding hydrogens is 463 g/mol. The van der Waals surface area contributed by atoms with Gasteiger partial charge in [0.15, 0.2) is 5.65 Å². The first kappa shape index (κ1) is 19.0. The van der Waals surface area contributed by atoms with Crippen LogP contribution in [0.2, 0.25) is 25.7 Å². The SMILES string of the molecule is C[Si](C)(C)CCOCn1nc(-c2c[nH]c(C(=O)O)c2)c2cc(I)cnc21. The maximum Gasteiger partial charge on any atom is 0.352 e. The van der Waals surface area contributed by atoms with Crippen molar-refractivity contribution in [1.29, 1.82) is 0 Å². The van der Waals surface area contributed by atoms with Gasteiger partial charge in [0.05, 0.1) is 0 Å². The molecule has 3 aromatic rings. The third-order valence-corrected chi connectivity index (χ3v) is 6.24. The molecule has 0 saturated carbocycles. The summed E-state index contributed by atoms with van der Waals surface area (Å²) in [6.45, 7) is 7.96. The number of fused-ring (bicyclic) bond motifs is 1. The lowest BCUT2D eigenvalue weighted by molar-refractivity contribution is 0.0691. The van der Waals surface area contributed by atoms with Crippen LogP contribution in [0.3, 0.4) is 0 Å². The number of nitrogens with one attached hydrogen (secondary N) is 1. The number of rotatable bonds is 7. The number of halogens is 1. The fourth-order valence-corrected chi connectivity index (χ4v) is 3.73. The summed E-state index contributed by atoms with van der Waals surface area (Å²) in [5.41, 5.74) is 2.28. The summed E-state index contributed by atoms with van der Waals surface area (Å²) in [6, 6.07) is 4.67. The maximum absolute atomic E-state index is 11.1. The second-order valence-corrected chi connectivity index (χ2v) is 14.2. The molecule has 0 atom stereocenters. The predicted octanol–water partition coefficient (Wildman–Crippen LogP) is 4.04. The molecule has 7 nitrogen and oxygen atoms in total. The van der Waals surface area contributed by atoms with Crippen molar-refractivity contribution in [3.05, 3.63) is 33.8 Å². The number of H-pyrrole nitrogens is 1. The highest BCUT2D eigenvalue weighted by Crippen LogP contribution is 2.28. The lowest BCUT2D eigenvalue weighted by atomic mass is 10.1.